The second kappa shape index (κ2) is 7.89. The Balaban J connectivity index is 1.91. The third-order valence-electron chi connectivity index (χ3n) is 7.15. The molecule has 0 aromatic heterocycles. The van der Waals surface area contributed by atoms with Crippen molar-refractivity contribution in [2.45, 2.75) is 46.5 Å². The van der Waals surface area contributed by atoms with Crippen LogP contribution in [0.2, 0.25) is 0 Å². The number of hydrogen-bond donors (Lipinski definition) is 4. The number of aliphatic hydroxyl groups excluding tert-OH is 2. The lowest BCUT2D eigenvalue weighted by Gasteiger charge is -2.41. The quantitative estimate of drug-likeness (QED) is 0.500. The zero-order chi connectivity index (χ0) is 25.3. The van der Waals surface area contributed by atoms with Gasteiger partial charge in [0.15, 0.2) is 11.6 Å². The van der Waals surface area contributed by atoms with Gasteiger partial charge in [-0.3, -0.25) is 14.4 Å². The van der Waals surface area contributed by atoms with E-state index in [2.05, 4.69) is 20.8 Å². The Hall–Kier alpha value is -3.29. The maximum atomic E-state index is 13.6. The summed E-state index contributed by atoms with van der Waals surface area (Å²) in [5.41, 5.74) is 7.27. The molecule has 8 heteroatoms. The molecule has 0 bridgehead atoms. The van der Waals surface area contributed by atoms with Crippen LogP contribution < -0.4 is 10.6 Å². The summed E-state index contributed by atoms with van der Waals surface area (Å²) in [4.78, 5) is 39.7. The highest BCUT2D eigenvalue weighted by molar-refractivity contribution is 6.21. The second-order valence-corrected chi connectivity index (χ2v) is 11.1. The van der Waals surface area contributed by atoms with E-state index < -0.39 is 40.6 Å². The number of primary amides is 1. The Morgan fingerprint density at radius 2 is 1.79 bits per heavy atom. The minimum absolute atomic E-state index is 0.0506. The number of amides is 1. The number of anilines is 1. The molecule has 3 aliphatic rings. The summed E-state index contributed by atoms with van der Waals surface area (Å²) in [7, 11) is 3.78. The Bertz CT molecular complexity index is 1180. The van der Waals surface area contributed by atoms with Gasteiger partial charge in [-0.25, -0.2) is 0 Å². The lowest BCUT2D eigenvalue weighted by molar-refractivity contribution is -0.127. The van der Waals surface area contributed by atoms with Gasteiger partial charge in [0.2, 0.25) is 0 Å². The third kappa shape index (κ3) is 3.65. The normalized spacial score (nSPS) is 24.6. The van der Waals surface area contributed by atoms with Crippen molar-refractivity contribution in [1.82, 2.24) is 0 Å². The molecule has 4 rings (SSSR count). The number of benzene rings is 1. The molecule has 3 atom stereocenters. The summed E-state index contributed by atoms with van der Waals surface area (Å²) in [6.45, 7) is 6.16. The van der Waals surface area contributed by atoms with Crippen LogP contribution in [0.4, 0.5) is 5.69 Å². The molecule has 1 aromatic carbocycles. The summed E-state index contributed by atoms with van der Waals surface area (Å²) in [5.74, 6) is -5.08. The minimum Gasteiger partial charge on any atom is -0.511 e. The predicted molar refractivity (Wildman–Crippen MR) is 127 cm³/mol. The number of fused-ring (bicyclic) bond motifs is 3. The minimum atomic E-state index is -1.11. The fourth-order valence-corrected chi connectivity index (χ4v) is 5.85. The molecular formula is C26H32N2O6. The van der Waals surface area contributed by atoms with Gasteiger partial charge >= 0.3 is 0 Å². The molecule has 34 heavy (non-hydrogen) atoms. The fraction of sp³-hybridized carbons (Fsp3) is 0.500. The Labute approximate surface area is 198 Å². The van der Waals surface area contributed by atoms with E-state index in [1.807, 2.05) is 25.1 Å². The molecule has 3 aliphatic carbocycles. The summed E-state index contributed by atoms with van der Waals surface area (Å²) in [5, 5.41) is 33.2. The van der Waals surface area contributed by atoms with Gasteiger partial charge in [-0.05, 0) is 53.7 Å². The summed E-state index contributed by atoms with van der Waals surface area (Å²) < 4.78 is 0. The first-order valence-corrected chi connectivity index (χ1v) is 11.5. The van der Waals surface area contributed by atoms with Gasteiger partial charge in [-0.2, -0.15) is 0 Å². The van der Waals surface area contributed by atoms with Crippen LogP contribution in [0.15, 0.2) is 23.0 Å². The number of phenols is 1. The highest BCUT2D eigenvalue weighted by atomic mass is 16.3. The standard InChI is InChI=1S/C26H32N2O6/c1-26(2,3)10-13-8-15(28(4)5)14-7-11-6-12-9-16(29)20(25(27)34)24(33)18(12)22(31)17(11)23(32)19(14)21(13)30/h8,11-12,18,30,32-33H,6-7,9-10H2,1-5H3,(H2,27,34). The molecule has 5 N–H and O–H groups in total. The van der Waals surface area contributed by atoms with Crippen LogP contribution in [0.25, 0.3) is 5.76 Å². The van der Waals surface area contributed by atoms with Crippen LogP contribution in [-0.4, -0.2) is 46.9 Å². The van der Waals surface area contributed by atoms with Crippen LogP contribution in [0.1, 0.15) is 50.3 Å². The monoisotopic (exact) mass is 468 g/mol. The van der Waals surface area contributed by atoms with Crippen molar-refractivity contribution in [3.8, 4) is 5.75 Å². The van der Waals surface area contributed by atoms with Gasteiger partial charge in [-0.15, -0.1) is 0 Å². The van der Waals surface area contributed by atoms with Gasteiger partial charge < -0.3 is 26.0 Å². The number of aliphatic hydroxyl groups is 2. The van der Waals surface area contributed by atoms with E-state index in [-0.39, 0.29) is 40.4 Å². The molecule has 0 heterocycles. The number of nitrogens with two attached hydrogens (primary N) is 1. The van der Waals surface area contributed by atoms with E-state index in [4.69, 9.17) is 5.73 Å². The zero-order valence-corrected chi connectivity index (χ0v) is 20.2. The van der Waals surface area contributed by atoms with Crippen molar-refractivity contribution < 1.29 is 29.7 Å². The lowest BCUT2D eigenvalue weighted by Crippen LogP contribution is -2.44. The van der Waals surface area contributed by atoms with Gasteiger partial charge in [0.25, 0.3) is 5.91 Å². The van der Waals surface area contributed by atoms with Crippen LogP contribution in [-0.2, 0) is 27.2 Å². The first-order valence-electron chi connectivity index (χ1n) is 11.5. The number of allylic oxidation sites excluding steroid dienone is 2. The largest absolute Gasteiger partial charge is 0.511 e. The van der Waals surface area contributed by atoms with Crippen LogP contribution in [0, 0.1) is 23.2 Å². The average Bonchev–Trinajstić information content (AvgIpc) is 2.67. The predicted octanol–water partition coefficient (Wildman–Crippen LogP) is 2.96. The smallest absolute Gasteiger partial charge is 0.255 e. The van der Waals surface area contributed by atoms with E-state index in [0.717, 1.165) is 11.3 Å². The maximum Gasteiger partial charge on any atom is 0.255 e. The summed E-state index contributed by atoms with van der Waals surface area (Å²) >= 11 is 0. The average molecular weight is 469 g/mol. The van der Waals surface area contributed by atoms with Gasteiger partial charge in [-0.1, -0.05) is 20.8 Å². The number of aromatic hydroxyl groups is 1. The Kier molecular flexibility index (Phi) is 5.54. The van der Waals surface area contributed by atoms with E-state index in [9.17, 15) is 29.7 Å². The highest BCUT2D eigenvalue weighted by Gasteiger charge is 2.51. The summed E-state index contributed by atoms with van der Waals surface area (Å²) in [6, 6.07) is 1.93. The van der Waals surface area contributed by atoms with Crippen molar-refractivity contribution in [3.63, 3.8) is 0 Å². The molecule has 0 aliphatic heterocycles. The number of Topliss-reactive ketones (excluding diaryl/α,β-unsaturated/α-hetero) is 2. The molecular weight excluding hydrogens is 436 g/mol. The van der Waals surface area contributed by atoms with Gasteiger partial charge in [0, 0.05) is 31.8 Å². The van der Waals surface area contributed by atoms with Crippen molar-refractivity contribution in [1.29, 1.82) is 0 Å². The lowest BCUT2D eigenvalue weighted by atomic mass is 9.61. The number of carbonyl (C=O) groups is 3. The number of phenolic OH excluding ortho intramolecular Hbond substituents is 1. The van der Waals surface area contributed by atoms with E-state index >= 15 is 0 Å². The molecule has 3 unspecified atom stereocenters. The van der Waals surface area contributed by atoms with Crippen molar-refractivity contribution in [2.24, 2.45) is 28.9 Å². The molecule has 1 fully saturated rings. The van der Waals surface area contributed by atoms with Crippen molar-refractivity contribution in [3.05, 3.63) is 39.7 Å². The zero-order valence-electron chi connectivity index (χ0n) is 20.2. The van der Waals surface area contributed by atoms with E-state index in [1.165, 1.54) is 0 Å². The molecule has 182 valence electrons. The Morgan fingerprint density at radius 3 is 2.35 bits per heavy atom. The van der Waals surface area contributed by atoms with E-state index in [0.29, 0.717) is 24.8 Å². The molecule has 0 spiro atoms. The number of rotatable bonds is 3. The molecule has 0 radical (unpaired) electrons. The number of carbonyl (C=O) groups excluding carboxylic acids is 3. The third-order valence-corrected chi connectivity index (χ3v) is 7.15. The number of ketones is 2. The second-order valence-electron chi connectivity index (χ2n) is 11.1. The summed E-state index contributed by atoms with van der Waals surface area (Å²) in [6.07, 6.45) is 1.29. The number of hydrogen-bond acceptors (Lipinski definition) is 7. The van der Waals surface area contributed by atoms with Crippen LogP contribution in [0.3, 0.4) is 0 Å². The van der Waals surface area contributed by atoms with Crippen molar-refractivity contribution in [2.75, 3.05) is 19.0 Å². The molecule has 1 saturated carbocycles. The molecule has 0 saturated heterocycles. The van der Waals surface area contributed by atoms with Crippen LogP contribution >= 0.6 is 0 Å². The van der Waals surface area contributed by atoms with E-state index in [1.54, 1.807) is 0 Å². The van der Waals surface area contributed by atoms with Gasteiger partial charge in [0.05, 0.1) is 11.5 Å². The SMILES string of the molecule is CN(C)c1cc(CC(C)(C)C)c(O)c2c1CC1CC3CC(=O)C(C(N)=O)=C(O)C3C(=O)C1=C2O. The highest BCUT2D eigenvalue weighted by Crippen LogP contribution is 2.52. The first kappa shape index (κ1) is 23.9. The molecule has 1 aromatic rings. The topological polar surface area (TPSA) is 141 Å². The first-order chi connectivity index (χ1) is 15.7. The fourth-order valence-electron chi connectivity index (χ4n) is 5.85. The molecule has 8 nitrogen and oxygen atoms in total. The number of nitrogens with zero attached hydrogens (tertiary/aromatic N) is 1. The van der Waals surface area contributed by atoms with Crippen LogP contribution in [0.5, 0.6) is 5.75 Å². The van der Waals surface area contributed by atoms with Gasteiger partial charge in [0.1, 0.15) is 22.8 Å². The maximum absolute atomic E-state index is 13.6. The Morgan fingerprint density at radius 1 is 1.15 bits per heavy atom. The van der Waals surface area contributed by atoms with Crippen molar-refractivity contribution >= 4 is 28.9 Å². The molecule has 1 amide bonds.